The van der Waals surface area contributed by atoms with Gasteiger partial charge >= 0.3 is 5.97 Å². The molecule has 0 amide bonds. The minimum Gasteiger partial charge on any atom is -0.462 e. The third-order valence-corrected chi connectivity index (χ3v) is 4.30. The highest BCUT2D eigenvalue weighted by molar-refractivity contribution is 5.90. The first-order valence-corrected chi connectivity index (χ1v) is 9.08. The number of quaternary nitrogens is 1. The summed E-state index contributed by atoms with van der Waals surface area (Å²) in [6.45, 7) is 1.43. The van der Waals surface area contributed by atoms with E-state index in [4.69, 9.17) is 4.74 Å². The van der Waals surface area contributed by atoms with Crippen LogP contribution in [0.3, 0.4) is 0 Å². The Morgan fingerprint density at radius 3 is 2.48 bits per heavy atom. The van der Waals surface area contributed by atoms with E-state index in [1.165, 1.54) is 25.7 Å². The van der Waals surface area contributed by atoms with Crippen LogP contribution in [-0.2, 0) is 4.74 Å². The van der Waals surface area contributed by atoms with Crippen molar-refractivity contribution in [2.45, 2.75) is 32.1 Å². The van der Waals surface area contributed by atoms with Crippen LogP contribution in [0.1, 0.15) is 48.0 Å². The third-order valence-electron chi connectivity index (χ3n) is 4.30. The molecule has 0 N–H and O–H groups in total. The van der Waals surface area contributed by atoms with Gasteiger partial charge < -0.3 is 9.22 Å². The van der Waals surface area contributed by atoms with E-state index in [1.54, 1.807) is 18.3 Å². The molecule has 1 fully saturated rings. The zero-order valence-corrected chi connectivity index (χ0v) is 15.6. The summed E-state index contributed by atoms with van der Waals surface area (Å²) >= 11 is 0. The molecule has 5 heteroatoms. The maximum absolute atomic E-state index is 12.0. The topological polar surface area (TPSA) is 51.0 Å². The van der Waals surface area contributed by atoms with E-state index in [2.05, 4.69) is 31.3 Å². The summed E-state index contributed by atoms with van der Waals surface area (Å²) in [5.41, 5.74) is 1.49. The van der Waals surface area contributed by atoms with Crippen molar-refractivity contribution in [2.24, 2.45) is 16.1 Å². The monoisotopic (exact) mass is 344 g/mol. The van der Waals surface area contributed by atoms with Crippen molar-refractivity contribution < 1.29 is 14.0 Å². The number of ether oxygens (including phenoxy) is 1. The molecule has 1 saturated carbocycles. The molecule has 0 spiro atoms. The number of carbonyl (C=O) groups excluding carboxylic acids is 1. The van der Waals surface area contributed by atoms with Crippen LogP contribution < -0.4 is 0 Å². The van der Waals surface area contributed by atoms with Crippen LogP contribution in [0, 0.1) is 5.92 Å². The predicted octanol–water partition coefficient (Wildman–Crippen LogP) is 3.53. The van der Waals surface area contributed by atoms with Crippen molar-refractivity contribution in [3.8, 4) is 0 Å². The van der Waals surface area contributed by atoms with Crippen LogP contribution in [0.25, 0.3) is 0 Å². The molecule has 0 unspecified atom stereocenters. The largest absolute Gasteiger partial charge is 0.462 e. The van der Waals surface area contributed by atoms with Gasteiger partial charge in [0.2, 0.25) is 0 Å². The van der Waals surface area contributed by atoms with Gasteiger partial charge in [0.25, 0.3) is 0 Å². The van der Waals surface area contributed by atoms with E-state index in [1.807, 2.05) is 18.3 Å². The van der Waals surface area contributed by atoms with Gasteiger partial charge in [0, 0.05) is 12.6 Å². The fourth-order valence-electron chi connectivity index (χ4n) is 2.83. The molecule has 0 bridgehead atoms. The standard InChI is InChI=1S/C20H30N3O2/c1-23(2,3)13-6-14-25-20(24)19-11-9-18(10-12-19)16-22-21-15-17-7-4-5-8-17/h9-12,15-17H,4-8,13-14H2,1-3H3/q+1/b21-15+,22-16+. The molecular formula is C20H30N3O2+. The second-order valence-electron chi connectivity index (χ2n) is 7.68. The zero-order valence-electron chi connectivity index (χ0n) is 15.6. The molecule has 1 aromatic carbocycles. The van der Waals surface area contributed by atoms with Gasteiger partial charge in [-0.3, -0.25) is 0 Å². The fourth-order valence-corrected chi connectivity index (χ4v) is 2.83. The van der Waals surface area contributed by atoms with E-state index >= 15 is 0 Å². The first kappa shape index (κ1) is 19.3. The maximum Gasteiger partial charge on any atom is 0.338 e. The molecule has 0 radical (unpaired) electrons. The van der Waals surface area contributed by atoms with E-state index in [0.717, 1.165) is 23.0 Å². The lowest BCUT2D eigenvalue weighted by atomic mass is 10.1. The van der Waals surface area contributed by atoms with Gasteiger partial charge in [0.1, 0.15) is 0 Å². The number of hydrogen-bond acceptors (Lipinski definition) is 4. The minimum absolute atomic E-state index is 0.274. The normalized spacial score (nSPS) is 16.1. The molecule has 0 atom stereocenters. The molecule has 0 aromatic heterocycles. The summed E-state index contributed by atoms with van der Waals surface area (Å²) in [5.74, 6) is 0.315. The van der Waals surface area contributed by atoms with Gasteiger partial charge in [0.15, 0.2) is 0 Å². The third kappa shape index (κ3) is 7.61. The van der Waals surface area contributed by atoms with Crippen LogP contribution >= 0.6 is 0 Å². The van der Waals surface area contributed by atoms with Crippen LogP contribution in [0.4, 0.5) is 0 Å². The van der Waals surface area contributed by atoms with Crippen molar-refractivity contribution in [2.75, 3.05) is 34.3 Å². The predicted molar refractivity (Wildman–Crippen MR) is 102 cm³/mol. The quantitative estimate of drug-likeness (QED) is 0.238. The van der Waals surface area contributed by atoms with E-state index in [9.17, 15) is 4.79 Å². The number of esters is 1. The smallest absolute Gasteiger partial charge is 0.338 e. The van der Waals surface area contributed by atoms with Crippen molar-refractivity contribution in [3.05, 3.63) is 35.4 Å². The molecule has 136 valence electrons. The molecule has 1 aliphatic rings. The number of nitrogens with zero attached hydrogens (tertiary/aromatic N) is 3. The number of benzene rings is 1. The zero-order chi connectivity index (χ0) is 18.1. The van der Waals surface area contributed by atoms with Gasteiger partial charge in [-0.05, 0) is 36.5 Å². The maximum atomic E-state index is 12.0. The lowest BCUT2D eigenvalue weighted by molar-refractivity contribution is -0.870. The number of hydrogen-bond donors (Lipinski definition) is 0. The Balaban J connectivity index is 1.75. The number of carbonyl (C=O) groups is 1. The summed E-state index contributed by atoms with van der Waals surface area (Å²) in [7, 11) is 6.37. The van der Waals surface area contributed by atoms with E-state index < -0.39 is 0 Å². The fraction of sp³-hybridized carbons (Fsp3) is 0.550. The highest BCUT2D eigenvalue weighted by Crippen LogP contribution is 2.22. The summed E-state index contributed by atoms with van der Waals surface area (Å²) in [6.07, 6.45) is 9.57. The van der Waals surface area contributed by atoms with E-state index in [-0.39, 0.29) is 5.97 Å². The Bertz CT molecular complexity index is 594. The van der Waals surface area contributed by atoms with Gasteiger partial charge in [-0.2, -0.15) is 10.2 Å². The second kappa shape index (κ2) is 9.47. The summed E-state index contributed by atoms with van der Waals surface area (Å²) in [4.78, 5) is 12.0. The Morgan fingerprint density at radius 2 is 1.84 bits per heavy atom. The van der Waals surface area contributed by atoms with Crippen LogP contribution in [0.2, 0.25) is 0 Å². The molecule has 0 aliphatic heterocycles. The highest BCUT2D eigenvalue weighted by atomic mass is 16.5. The van der Waals surface area contributed by atoms with Gasteiger partial charge in [-0.15, -0.1) is 0 Å². The lowest BCUT2D eigenvalue weighted by Gasteiger charge is -2.23. The second-order valence-corrected chi connectivity index (χ2v) is 7.68. The first-order valence-electron chi connectivity index (χ1n) is 9.08. The van der Waals surface area contributed by atoms with Gasteiger partial charge in [0.05, 0.1) is 46.1 Å². The summed E-state index contributed by atoms with van der Waals surface area (Å²) in [6, 6.07) is 7.25. The highest BCUT2D eigenvalue weighted by Gasteiger charge is 2.12. The van der Waals surface area contributed by atoms with Crippen molar-refractivity contribution in [1.29, 1.82) is 0 Å². The van der Waals surface area contributed by atoms with Crippen molar-refractivity contribution in [1.82, 2.24) is 0 Å². The molecule has 1 aliphatic carbocycles. The summed E-state index contributed by atoms with van der Waals surface area (Å²) in [5, 5.41) is 8.22. The molecule has 2 rings (SSSR count). The molecule has 1 aromatic rings. The van der Waals surface area contributed by atoms with Crippen LogP contribution in [-0.4, -0.2) is 57.2 Å². The van der Waals surface area contributed by atoms with Crippen molar-refractivity contribution >= 4 is 18.4 Å². The molecule has 25 heavy (non-hydrogen) atoms. The Kier molecular flexibility index (Phi) is 7.31. The lowest BCUT2D eigenvalue weighted by Crippen LogP contribution is -2.35. The van der Waals surface area contributed by atoms with Gasteiger partial charge in [-0.1, -0.05) is 25.0 Å². The average Bonchev–Trinajstić information content (AvgIpc) is 3.08. The molecular weight excluding hydrogens is 314 g/mol. The summed E-state index contributed by atoms with van der Waals surface area (Å²) < 4.78 is 6.18. The number of rotatable bonds is 8. The Morgan fingerprint density at radius 1 is 1.16 bits per heavy atom. The minimum atomic E-state index is -0.274. The first-order chi connectivity index (χ1) is 11.9. The van der Waals surface area contributed by atoms with Crippen LogP contribution in [0.15, 0.2) is 34.5 Å². The molecule has 0 saturated heterocycles. The Hall–Kier alpha value is -2.01. The van der Waals surface area contributed by atoms with Gasteiger partial charge in [-0.25, -0.2) is 4.79 Å². The average molecular weight is 344 g/mol. The van der Waals surface area contributed by atoms with Crippen molar-refractivity contribution in [3.63, 3.8) is 0 Å². The van der Waals surface area contributed by atoms with E-state index in [0.29, 0.717) is 18.1 Å². The SMILES string of the molecule is C[N+](C)(C)CCCOC(=O)c1ccc(/C=N/N=C/C2CCCC2)cc1. The molecule has 5 nitrogen and oxygen atoms in total. The van der Waals surface area contributed by atoms with Crippen LogP contribution in [0.5, 0.6) is 0 Å². The molecule has 0 heterocycles. The Labute approximate surface area is 151 Å².